The number of primary amides is 1. The Labute approximate surface area is 110 Å². The smallest absolute Gasteiger partial charge is 0.241 e. The van der Waals surface area contributed by atoms with E-state index >= 15 is 0 Å². The summed E-state index contributed by atoms with van der Waals surface area (Å²) in [6.45, 7) is 0.313. The molecule has 0 radical (unpaired) electrons. The van der Waals surface area contributed by atoms with Gasteiger partial charge in [0.15, 0.2) is 9.84 Å². The SMILES string of the molecule is CS(=O)(=O)C1CSCCN1C(=O)C(N)CC(N)=O. The van der Waals surface area contributed by atoms with Crippen molar-refractivity contribution in [3.63, 3.8) is 0 Å². The fourth-order valence-corrected chi connectivity index (χ4v) is 4.53. The number of nitrogens with zero attached hydrogens (tertiary/aromatic N) is 1. The summed E-state index contributed by atoms with van der Waals surface area (Å²) in [7, 11) is -3.37. The van der Waals surface area contributed by atoms with Crippen molar-refractivity contribution < 1.29 is 18.0 Å². The fraction of sp³-hybridized carbons (Fsp3) is 0.778. The van der Waals surface area contributed by atoms with Crippen molar-refractivity contribution in [2.24, 2.45) is 11.5 Å². The van der Waals surface area contributed by atoms with E-state index in [0.717, 1.165) is 6.26 Å². The molecule has 1 heterocycles. The summed E-state index contributed by atoms with van der Waals surface area (Å²) in [5.41, 5.74) is 10.5. The van der Waals surface area contributed by atoms with Gasteiger partial charge in [0, 0.05) is 24.3 Å². The first-order chi connectivity index (χ1) is 8.23. The summed E-state index contributed by atoms with van der Waals surface area (Å²) in [6.07, 6.45) is 0.808. The predicted molar refractivity (Wildman–Crippen MR) is 69.5 cm³/mol. The Morgan fingerprint density at radius 1 is 1.50 bits per heavy atom. The highest BCUT2D eigenvalue weighted by atomic mass is 32.2. The molecule has 1 aliphatic heterocycles. The molecule has 1 fully saturated rings. The summed E-state index contributed by atoms with van der Waals surface area (Å²) in [5.74, 6) is -0.239. The van der Waals surface area contributed by atoms with Crippen molar-refractivity contribution in [1.29, 1.82) is 0 Å². The van der Waals surface area contributed by atoms with Crippen molar-refractivity contribution in [2.75, 3.05) is 24.3 Å². The minimum absolute atomic E-state index is 0.279. The molecule has 1 aliphatic rings. The molecule has 1 saturated heterocycles. The zero-order valence-corrected chi connectivity index (χ0v) is 11.7. The Bertz CT molecular complexity index is 437. The van der Waals surface area contributed by atoms with Crippen LogP contribution in [0.15, 0.2) is 0 Å². The second-order valence-corrected chi connectivity index (χ2v) is 7.52. The first kappa shape index (κ1) is 15.3. The van der Waals surface area contributed by atoms with Gasteiger partial charge in [0.25, 0.3) is 0 Å². The molecule has 2 amide bonds. The van der Waals surface area contributed by atoms with Crippen molar-refractivity contribution in [2.45, 2.75) is 17.8 Å². The van der Waals surface area contributed by atoms with Gasteiger partial charge in [-0.2, -0.15) is 11.8 Å². The van der Waals surface area contributed by atoms with Gasteiger partial charge in [0.05, 0.1) is 12.5 Å². The van der Waals surface area contributed by atoms with E-state index in [0.29, 0.717) is 18.1 Å². The van der Waals surface area contributed by atoms with Crippen LogP contribution in [0, 0.1) is 0 Å². The monoisotopic (exact) mass is 295 g/mol. The lowest BCUT2D eigenvalue weighted by molar-refractivity contribution is -0.135. The van der Waals surface area contributed by atoms with Crippen LogP contribution in [0.25, 0.3) is 0 Å². The third kappa shape index (κ3) is 3.85. The molecule has 7 nitrogen and oxygen atoms in total. The van der Waals surface area contributed by atoms with E-state index < -0.39 is 33.1 Å². The van der Waals surface area contributed by atoms with Gasteiger partial charge in [-0.25, -0.2) is 8.42 Å². The highest BCUT2D eigenvalue weighted by Gasteiger charge is 2.36. The first-order valence-corrected chi connectivity index (χ1v) is 8.45. The van der Waals surface area contributed by atoms with Gasteiger partial charge in [-0.15, -0.1) is 0 Å². The molecule has 2 atom stereocenters. The number of hydrogen-bond acceptors (Lipinski definition) is 6. The van der Waals surface area contributed by atoms with Gasteiger partial charge in [0.2, 0.25) is 11.8 Å². The van der Waals surface area contributed by atoms with Crippen molar-refractivity contribution in [3.05, 3.63) is 0 Å². The number of carbonyl (C=O) groups excluding carboxylic acids is 2. The molecule has 0 aromatic rings. The van der Waals surface area contributed by atoms with Crippen LogP contribution in [0.2, 0.25) is 0 Å². The quantitative estimate of drug-likeness (QED) is 0.626. The second-order valence-electron chi connectivity index (χ2n) is 4.17. The average molecular weight is 295 g/mol. The molecule has 0 aliphatic carbocycles. The molecule has 0 spiro atoms. The van der Waals surface area contributed by atoms with E-state index in [1.54, 1.807) is 0 Å². The molecule has 1 rings (SSSR count). The Kier molecular flexibility index (Phi) is 5.00. The number of hydrogen-bond donors (Lipinski definition) is 2. The van der Waals surface area contributed by atoms with Gasteiger partial charge in [-0.05, 0) is 0 Å². The molecular weight excluding hydrogens is 278 g/mol. The number of sulfone groups is 1. The summed E-state index contributed by atoms with van der Waals surface area (Å²) in [4.78, 5) is 24.0. The van der Waals surface area contributed by atoms with Gasteiger partial charge in [-0.1, -0.05) is 0 Å². The molecule has 0 aromatic carbocycles. The molecule has 0 saturated carbocycles. The normalized spacial score (nSPS) is 22.6. The average Bonchev–Trinajstić information content (AvgIpc) is 2.26. The lowest BCUT2D eigenvalue weighted by Crippen LogP contribution is -2.55. The number of rotatable bonds is 4. The zero-order chi connectivity index (χ0) is 13.9. The molecule has 4 N–H and O–H groups in total. The van der Waals surface area contributed by atoms with Crippen LogP contribution in [0.4, 0.5) is 0 Å². The minimum atomic E-state index is -3.37. The third-order valence-corrected chi connectivity index (χ3v) is 5.24. The molecule has 2 unspecified atom stereocenters. The van der Waals surface area contributed by atoms with E-state index in [1.807, 2.05) is 0 Å². The Morgan fingerprint density at radius 3 is 2.61 bits per heavy atom. The molecule has 9 heteroatoms. The van der Waals surface area contributed by atoms with Gasteiger partial charge in [-0.3, -0.25) is 9.59 Å². The number of amides is 2. The van der Waals surface area contributed by atoms with Crippen LogP contribution in [-0.2, 0) is 19.4 Å². The predicted octanol–water partition coefficient (Wildman–Crippen LogP) is -1.86. The summed E-state index contributed by atoms with van der Waals surface area (Å²) < 4.78 is 23.2. The van der Waals surface area contributed by atoms with Gasteiger partial charge >= 0.3 is 0 Å². The van der Waals surface area contributed by atoms with E-state index in [1.165, 1.54) is 16.7 Å². The second kappa shape index (κ2) is 5.89. The molecule has 0 aromatic heterocycles. The molecule has 0 bridgehead atoms. The minimum Gasteiger partial charge on any atom is -0.370 e. The third-order valence-electron chi connectivity index (χ3n) is 2.60. The standard InChI is InChI=1S/C9H17N3O4S2/c1-18(15,16)8-5-17-3-2-12(8)9(14)6(10)4-7(11)13/h6,8H,2-5,10H2,1H3,(H2,11,13). The van der Waals surface area contributed by atoms with Gasteiger partial charge < -0.3 is 16.4 Å². The van der Waals surface area contributed by atoms with Crippen LogP contribution in [0.3, 0.4) is 0 Å². The van der Waals surface area contributed by atoms with E-state index in [2.05, 4.69) is 0 Å². The fourth-order valence-electron chi connectivity index (χ4n) is 1.70. The number of thioether (sulfide) groups is 1. The zero-order valence-electron chi connectivity index (χ0n) is 10.0. The van der Waals surface area contributed by atoms with E-state index in [9.17, 15) is 18.0 Å². The molecular formula is C9H17N3O4S2. The van der Waals surface area contributed by atoms with Crippen LogP contribution in [0.1, 0.15) is 6.42 Å². The van der Waals surface area contributed by atoms with Gasteiger partial charge in [0.1, 0.15) is 5.37 Å². The van der Waals surface area contributed by atoms with Crippen LogP contribution >= 0.6 is 11.8 Å². The maximum absolute atomic E-state index is 12.0. The molecule has 18 heavy (non-hydrogen) atoms. The Morgan fingerprint density at radius 2 is 2.11 bits per heavy atom. The number of carbonyl (C=O) groups is 2. The Hall–Kier alpha value is -0.800. The largest absolute Gasteiger partial charge is 0.370 e. The highest BCUT2D eigenvalue weighted by molar-refractivity contribution is 8.00. The van der Waals surface area contributed by atoms with Crippen LogP contribution in [-0.4, -0.2) is 60.9 Å². The van der Waals surface area contributed by atoms with Crippen molar-refractivity contribution >= 4 is 33.4 Å². The van der Waals surface area contributed by atoms with Crippen LogP contribution < -0.4 is 11.5 Å². The first-order valence-electron chi connectivity index (χ1n) is 5.34. The summed E-state index contributed by atoms with van der Waals surface area (Å²) in [6, 6.07) is -1.07. The van der Waals surface area contributed by atoms with E-state index in [4.69, 9.17) is 11.5 Å². The van der Waals surface area contributed by atoms with Crippen molar-refractivity contribution in [1.82, 2.24) is 4.90 Å². The highest BCUT2D eigenvalue weighted by Crippen LogP contribution is 2.21. The maximum Gasteiger partial charge on any atom is 0.241 e. The van der Waals surface area contributed by atoms with E-state index in [-0.39, 0.29) is 6.42 Å². The Balaban J connectivity index is 2.84. The topological polar surface area (TPSA) is 124 Å². The summed E-state index contributed by atoms with van der Waals surface area (Å²) >= 11 is 1.47. The molecule has 104 valence electrons. The number of nitrogens with two attached hydrogens (primary N) is 2. The lowest BCUT2D eigenvalue weighted by atomic mass is 10.2. The van der Waals surface area contributed by atoms with Crippen LogP contribution in [0.5, 0.6) is 0 Å². The maximum atomic E-state index is 12.0. The lowest BCUT2D eigenvalue weighted by Gasteiger charge is -2.35. The van der Waals surface area contributed by atoms with Crippen molar-refractivity contribution in [3.8, 4) is 0 Å². The summed E-state index contributed by atoms with van der Waals surface area (Å²) in [5, 5.41) is -0.873.